The van der Waals surface area contributed by atoms with Gasteiger partial charge in [0.15, 0.2) is 5.96 Å². The second kappa shape index (κ2) is 11.9. The fraction of sp³-hybridized carbons (Fsp3) is 0.652. The minimum atomic E-state index is -0.0591. The molecule has 0 spiro atoms. The van der Waals surface area contributed by atoms with Crippen LogP contribution in [0.2, 0.25) is 0 Å². The second-order valence-electron chi connectivity index (χ2n) is 7.89. The third kappa shape index (κ3) is 6.71. The van der Waals surface area contributed by atoms with Crippen LogP contribution >= 0.6 is 0 Å². The van der Waals surface area contributed by atoms with Gasteiger partial charge >= 0.3 is 5.97 Å². The van der Waals surface area contributed by atoms with Gasteiger partial charge in [-0.1, -0.05) is 24.3 Å². The molecule has 0 aliphatic carbocycles. The molecular formula is C23H36N4O3. The molecule has 3 rings (SSSR count). The van der Waals surface area contributed by atoms with Gasteiger partial charge in [0, 0.05) is 39.3 Å². The first kappa shape index (κ1) is 22.6. The van der Waals surface area contributed by atoms with E-state index in [0.717, 1.165) is 71.3 Å². The number of nitrogens with zero attached hydrogens (tertiary/aromatic N) is 3. The summed E-state index contributed by atoms with van der Waals surface area (Å²) in [6.45, 7) is 12.1. The third-order valence-corrected chi connectivity index (χ3v) is 5.66. The molecule has 30 heavy (non-hydrogen) atoms. The van der Waals surface area contributed by atoms with Gasteiger partial charge in [-0.2, -0.15) is 0 Å². The van der Waals surface area contributed by atoms with Gasteiger partial charge < -0.3 is 19.7 Å². The van der Waals surface area contributed by atoms with Crippen molar-refractivity contribution >= 4 is 11.9 Å². The van der Waals surface area contributed by atoms with Crippen molar-refractivity contribution in [2.75, 3.05) is 52.5 Å². The lowest BCUT2D eigenvalue weighted by Gasteiger charge is -2.33. The number of likely N-dealkylation sites (tertiary alicyclic amines) is 1. The fourth-order valence-corrected chi connectivity index (χ4v) is 4.02. The van der Waals surface area contributed by atoms with Crippen molar-refractivity contribution in [2.45, 2.75) is 39.8 Å². The summed E-state index contributed by atoms with van der Waals surface area (Å²) in [4.78, 5) is 21.6. The summed E-state index contributed by atoms with van der Waals surface area (Å²) in [5, 5.41) is 3.41. The minimum Gasteiger partial charge on any atom is -0.466 e. The molecule has 166 valence electrons. The second-order valence-corrected chi connectivity index (χ2v) is 7.89. The molecule has 1 aromatic carbocycles. The van der Waals surface area contributed by atoms with Crippen LogP contribution in [0, 0.1) is 5.92 Å². The highest BCUT2D eigenvalue weighted by molar-refractivity contribution is 5.80. The van der Waals surface area contributed by atoms with Gasteiger partial charge in [-0.15, -0.1) is 0 Å². The number of ether oxygens (including phenoxy) is 2. The Balaban J connectivity index is 1.57. The first-order valence-corrected chi connectivity index (χ1v) is 11.3. The van der Waals surface area contributed by atoms with Crippen LogP contribution in [0.5, 0.6) is 0 Å². The van der Waals surface area contributed by atoms with Gasteiger partial charge in [0.2, 0.25) is 0 Å². The molecule has 2 heterocycles. The maximum absolute atomic E-state index is 12.0. The Labute approximate surface area is 180 Å². The number of hydrogen-bond acceptors (Lipinski definition) is 5. The fourth-order valence-electron chi connectivity index (χ4n) is 4.02. The molecule has 0 aromatic heterocycles. The van der Waals surface area contributed by atoms with Gasteiger partial charge in [0.25, 0.3) is 0 Å². The number of aliphatic imine (C=N–C) groups is 1. The molecule has 1 N–H and O–H groups in total. The number of carbonyl (C=O) groups is 1. The Morgan fingerprint density at radius 3 is 2.60 bits per heavy atom. The predicted molar refractivity (Wildman–Crippen MR) is 118 cm³/mol. The van der Waals surface area contributed by atoms with E-state index in [2.05, 4.69) is 46.3 Å². The number of guanidine groups is 1. The molecule has 0 amide bonds. The summed E-state index contributed by atoms with van der Waals surface area (Å²) in [6, 6.07) is 8.71. The number of benzene rings is 1. The SMILES string of the molecule is CCNC(=NCc1cccc(CN2CCOCC2)c1)N1CCC(C(=O)OCC)CC1. The van der Waals surface area contributed by atoms with Crippen LogP contribution in [0.3, 0.4) is 0 Å². The molecule has 0 radical (unpaired) electrons. The zero-order chi connectivity index (χ0) is 21.2. The molecule has 2 aliphatic rings. The zero-order valence-corrected chi connectivity index (χ0v) is 18.4. The van der Waals surface area contributed by atoms with Crippen molar-refractivity contribution in [3.05, 3.63) is 35.4 Å². The summed E-state index contributed by atoms with van der Waals surface area (Å²) in [5.41, 5.74) is 2.54. The molecule has 1 aromatic rings. The van der Waals surface area contributed by atoms with Crippen LogP contribution in [0.4, 0.5) is 0 Å². The van der Waals surface area contributed by atoms with E-state index in [4.69, 9.17) is 14.5 Å². The lowest BCUT2D eigenvalue weighted by atomic mass is 9.97. The summed E-state index contributed by atoms with van der Waals surface area (Å²) in [7, 11) is 0. The minimum absolute atomic E-state index is 0.0148. The molecular weight excluding hydrogens is 380 g/mol. The van der Waals surface area contributed by atoms with E-state index in [1.807, 2.05) is 6.92 Å². The van der Waals surface area contributed by atoms with Gasteiger partial charge in [-0.3, -0.25) is 9.69 Å². The number of rotatable bonds is 7. The Bertz CT molecular complexity index is 695. The van der Waals surface area contributed by atoms with Crippen molar-refractivity contribution in [1.82, 2.24) is 15.1 Å². The Kier molecular flexibility index (Phi) is 8.96. The number of piperidine rings is 1. The number of esters is 1. The van der Waals surface area contributed by atoms with Crippen molar-refractivity contribution < 1.29 is 14.3 Å². The average Bonchev–Trinajstić information content (AvgIpc) is 2.78. The highest BCUT2D eigenvalue weighted by Crippen LogP contribution is 2.19. The van der Waals surface area contributed by atoms with Crippen LogP contribution in [0.15, 0.2) is 29.3 Å². The van der Waals surface area contributed by atoms with E-state index in [1.54, 1.807) is 0 Å². The van der Waals surface area contributed by atoms with E-state index in [-0.39, 0.29) is 11.9 Å². The molecule has 0 bridgehead atoms. The molecule has 2 saturated heterocycles. The van der Waals surface area contributed by atoms with Crippen LogP contribution in [-0.4, -0.2) is 74.3 Å². The van der Waals surface area contributed by atoms with Crippen molar-refractivity contribution in [3.63, 3.8) is 0 Å². The summed E-state index contributed by atoms with van der Waals surface area (Å²) < 4.78 is 10.6. The van der Waals surface area contributed by atoms with Gasteiger partial charge in [-0.25, -0.2) is 4.99 Å². The maximum atomic E-state index is 12.0. The maximum Gasteiger partial charge on any atom is 0.309 e. The van der Waals surface area contributed by atoms with Crippen LogP contribution in [-0.2, 0) is 27.4 Å². The Morgan fingerprint density at radius 2 is 1.90 bits per heavy atom. The molecule has 2 aliphatic heterocycles. The predicted octanol–water partition coefficient (Wildman–Crippen LogP) is 2.26. The molecule has 7 nitrogen and oxygen atoms in total. The monoisotopic (exact) mass is 416 g/mol. The number of morpholine rings is 1. The first-order chi connectivity index (χ1) is 14.7. The highest BCUT2D eigenvalue weighted by Gasteiger charge is 2.27. The summed E-state index contributed by atoms with van der Waals surface area (Å²) in [6.07, 6.45) is 1.64. The standard InChI is InChI=1S/C23H36N4O3/c1-3-24-23(27-10-8-21(9-11-27)22(28)30-4-2)25-17-19-6-5-7-20(16-19)18-26-12-14-29-15-13-26/h5-7,16,21H,3-4,8-15,17-18H2,1-2H3,(H,24,25). The van der Waals surface area contributed by atoms with E-state index in [1.165, 1.54) is 11.1 Å². The summed E-state index contributed by atoms with van der Waals surface area (Å²) >= 11 is 0. The summed E-state index contributed by atoms with van der Waals surface area (Å²) in [5.74, 6) is 0.885. The van der Waals surface area contributed by atoms with Gasteiger partial charge in [-0.05, 0) is 37.8 Å². The lowest BCUT2D eigenvalue weighted by molar-refractivity contribution is -0.149. The van der Waals surface area contributed by atoms with E-state index in [0.29, 0.717) is 13.2 Å². The molecule has 2 fully saturated rings. The van der Waals surface area contributed by atoms with Crippen molar-refractivity contribution in [1.29, 1.82) is 0 Å². The van der Waals surface area contributed by atoms with E-state index < -0.39 is 0 Å². The largest absolute Gasteiger partial charge is 0.466 e. The number of carbonyl (C=O) groups excluding carboxylic acids is 1. The molecule has 7 heteroatoms. The van der Waals surface area contributed by atoms with Crippen molar-refractivity contribution in [3.8, 4) is 0 Å². The van der Waals surface area contributed by atoms with Gasteiger partial charge in [0.05, 0.1) is 32.3 Å². The Morgan fingerprint density at radius 1 is 1.17 bits per heavy atom. The smallest absolute Gasteiger partial charge is 0.309 e. The Hall–Kier alpha value is -2.12. The average molecular weight is 417 g/mol. The van der Waals surface area contributed by atoms with Gasteiger partial charge in [0.1, 0.15) is 0 Å². The zero-order valence-electron chi connectivity index (χ0n) is 18.4. The quantitative estimate of drug-likeness (QED) is 0.418. The van der Waals surface area contributed by atoms with Crippen LogP contribution < -0.4 is 5.32 Å². The number of hydrogen-bond donors (Lipinski definition) is 1. The highest BCUT2D eigenvalue weighted by atomic mass is 16.5. The van der Waals surface area contributed by atoms with Crippen LogP contribution in [0.25, 0.3) is 0 Å². The molecule has 0 atom stereocenters. The molecule has 0 unspecified atom stereocenters. The lowest BCUT2D eigenvalue weighted by Crippen LogP contribution is -2.46. The van der Waals surface area contributed by atoms with Crippen LogP contribution in [0.1, 0.15) is 37.8 Å². The topological polar surface area (TPSA) is 66.4 Å². The first-order valence-electron chi connectivity index (χ1n) is 11.3. The molecule has 0 saturated carbocycles. The van der Waals surface area contributed by atoms with E-state index in [9.17, 15) is 4.79 Å². The third-order valence-electron chi connectivity index (χ3n) is 5.66. The van der Waals surface area contributed by atoms with Crippen molar-refractivity contribution in [2.24, 2.45) is 10.9 Å². The normalized spacial score (nSPS) is 19.0. The number of nitrogens with one attached hydrogen (secondary N) is 1. The van der Waals surface area contributed by atoms with E-state index >= 15 is 0 Å².